The molecule has 240 valence electrons. The zero-order valence-electron chi connectivity index (χ0n) is 25.2. The lowest BCUT2D eigenvalue weighted by molar-refractivity contribution is -0.471. The second kappa shape index (κ2) is 16.6. The maximum Gasteiger partial charge on any atom is 0.491 e. The number of hydrogen-bond acceptors (Lipinski definition) is 10. The molecule has 1 aromatic rings. The minimum absolute atomic E-state index is 0.0189. The first-order valence-corrected chi connectivity index (χ1v) is 16.2. The number of likely N-dealkylation sites (N-methyl/N-ethyl adjacent to an activating group) is 1. The van der Waals surface area contributed by atoms with Crippen LogP contribution in [0.15, 0.2) is 24.3 Å². The van der Waals surface area contributed by atoms with Crippen LogP contribution in [0, 0.1) is 4.91 Å². The Bertz CT molecular complexity index is 1100. The first kappa shape index (κ1) is 35.1. The van der Waals surface area contributed by atoms with Gasteiger partial charge >= 0.3 is 11.7 Å². The number of hydrogen-bond donors (Lipinski definition) is 5. The van der Waals surface area contributed by atoms with Gasteiger partial charge < -0.3 is 35.4 Å². The van der Waals surface area contributed by atoms with E-state index in [-0.39, 0.29) is 11.4 Å². The van der Waals surface area contributed by atoms with Crippen molar-refractivity contribution < 1.29 is 43.9 Å². The lowest BCUT2D eigenvalue weighted by atomic mass is 9.84. The third kappa shape index (κ3) is 9.53. The Morgan fingerprint density at radius 2 is 1.84 bits per heavy atom. The highest BCUT2D eigenvalue weighted by atomic mass is 32.2. The molecule has 1 aliphatic carbocycles. The summed E-state index contributed by atoms with van der Waals surface area (Å²) < 4.78 is 11.7. The van der Waals surface area contributed by atoms with E-state index < -0.39 is 66.9 Å². The Labute approximate surface area is 256 Å². The molecule has 0 aromatic heterocycles. The maximum absolute atomic E-state index is 13.0. The number of nitrogens with zero attached hydrogens (tertiary/aromatic N) is 1. The third-order valence-electron chi connectivity index (χ3n) is 7.98. The largest absolute Gasteiger partial charge is 0.491 e. The molecule has 2 aliphatic rings. The lowest BCUT2D eigenvalue weighted by Crippen LogP contribution is -2.68. The molecule has 6 atom stereocenters. The first-order valence-electron chi connectivity index (χ1n) is 15.0. The van der Waals surface area contributed by atoms with E-state index in [0.717, 1.165) is 31.4 Å². The van der Waals surface area contributed by atoms with E-state index in [4.69, 9.17) is 9.47 Å². The number of nitrogens with one attached hydrogen (secondary N) is 2. The van der Waals surface area contributed by atoms with Gasteiger partial charge in [-0.25, -0.2) is 4.79 Å². The minimum Gasteiger partial charge on any atom is -0.391 e. The molecule has 2 fully saturated rings. The molecule has 1 heterocycles. The summed E-state index contributed by atoms with van der Waals surface area (Å²) in [5.74, 6) is -2.31. The van der Waals surface area contributed by atoms with Crippen molar-refractivity contribution in [2.45, 2.75) is 101 Å². The van der Waals surface area contributed by atoms with Gasteiger partial charge in [-0.3, -0.25) is 9.59 Å². The van der Waals surface area contributed by atoms with Gasteiger partial charge in [0.25, 0.3) is 5.91 Å². The molecular formula is C30H46N3O9S+. The Balaban J connectivity index is 1.72. The molecule has 12 nitrogen and oxygen atoms in total. The van der Waals surface area contributed by atoms with Crippen molar-refractivity contribution in [1.82, 2.24) is 10.6 Å². The third-order valence-corrected chi connectivity index (χ3v) is 8.96. The van der Waals surface area contributed by atoms with Gasteiger partial charge in [0.15, 0.2) is 7.05 Å². The average molecular weight is 625 g/mol. The number of carbonyl (C=O) groups is 3. The Kier molecular flexibility index (Phi) is 13.5. The van der Waals surface area contributed by atoms with E-state index in [0.29, 0.717) is 17.9 Å². The van der Waals surface area contributed by atoms with E-state index in [1.807, 2.05) is 19.1 Å². The summed E-state index contributed by atoms with van der Waals surface area (Å²) in [7, 11) is 0.966. The van der Waals surface area contributed by atoms with Crippen LogP contribution in [0.1, 0.15) is 80.6 Å². The van der Waals surface area contributed by atoms with Crippen LogP contribution in [0.2, 0.25) is 0 Å². The quantitative estimate of drug-likeness (QED) is 0.151. The normalized spacial score (nSPS) is 25.9. The number of benzene rings is 1. The molecule has 1 saturated heterocycles. The Morgan fingerprint density at radius 1 is 1.16 bits per heavy atom. The van der Waals surface area contributed by atoms with Crippen molar-refractivity contribution in [3.8, 4) is 0 Å². The summed E-state index contributed by atoms with van der Waals surface area (Å²) in [4.78, 5) is 49.8. The van der Waals surface area contributed by atoms with Gasteiger partial charge in [-0.2, -0.15) is 11.8 Å². The molecule has 3 rings (SSSR count). The van der Waals surface area contributed by atoms with Crippen molar-refractivity contribution in [3.05, 3.63) is 40.3 Å². The summed E-state index contributed by atoms with van der Waals surface area (Å²) in [5, 5.41) is 38.1. The fourth-order valence-electron chi connectivity index (χ4n) is 5.71. The van der Waals surface area contributed by atoms with Crippen molar-refractivity contribution in [2.24, 2.45) is 0 Å². The number of ether oxygens (including phenoxy) is 2. The molecule has 13 heteroatoms. The van der Waals surface area contributed by atoms with Crippen LogP contribution >= 0.6 is 11.8 Å². The SMILES string of the molecule is CCSCCCOC1(C(=O)[N+](C)=O)CC(O)C(NC(C)=O)C(C(O)C(O)CNC(=O)c2ccc(C3CCCCC3)cc2)O1. The highest BCUT2D eigenvalue weighted by Crippen LogP contribution is 2.35. The molecule has 0 radical (unpaired) electrons. The zero-order chi connectivity index (χ0) is 31.6. The molecule has 3 amide bonds. The first-order chi connectivity index (χ1) is 20.5. The summed E-state index contributed by atoms with van der Waals surface area (Å²) in [6.45, 7) is 2.82. The van der Waals surface area contributed by atoms with E-state index in [1.54, 1.807) is 23.9 Å². The van der Waals surface area contributed by atoms with Gasteiger partial charge in [0.05, 0.1) is 29.6 Å². The predicted molar refractivity (Wildman–Crippen MR) is 161 cm³/mol. The molecule has 1 aromatic carbocycles. The van der Waals surface area contributed by atoms with Gasteiger partial charge in [0, 0.05) is 30.4 Å². The van der Waals surface area contributed by atoms with Crippen LogP contribution in [0.25, 0.3) is 0 Å². The Hall–Kier alpha value is -2.42. The highest BCUT2D eigenvalue weighted by molar-refractivity contribution is 7.99. The van der Waals surface area contributed by atoms with Crippen molar-refractivity contribution in [3.63, 3.8) is 0 Å². The van der Waals surface area contributed by atoms with Gasteiger partial charge in [0.1, 0.15) is 12.2 Å². The van der Waals surface area contributed by atoms with Crippen LogP contribution < -0.4 is 10.6 Å². The number of thioether (sulfide) groups is 1. The zero-order valence-corrected chi connectivity index (χ0v) is 26.0. The molecule has 43 heavy (non-hydrogen) atoms. The number of nitroso groups, excluding NO2 is 1. The van der Waals surface area contributed by atoms with E-state index >= 15 is 0 Å². The van der Waals surface area contributed by atoms with Gasteiger partial charge in [-0.1, -0.05) is 38.3 Å². The van der Waals surface area contributed by atoms with Crippen LogP contribution in [0.4, 0.5) is 0 Å². The standard InChI is InChI=1S/C30H45N3O9S/c1-4-43-16-8-15-41-30(29(39)33(3)40)17-23(35)25(32-19(2)34)27(42-30)26(37)24(36)18-31-28(38)22-13-11-21(12-14-22)20-9-6-5-7-10-20/h11-14,20,23-27,35-37H,4-10,15-18H2,1-3H3,(H-,31,32,34,38)/p+1. The van der Waals surface area contributed by atoms with Crippen LogP contribution in [-0.2, 0) is 19.1 Å². The van der Waals surface area contributed by atoms with E-state index in [2.05, 4.69) is 10.6 Å². The molecule has 0 spiro atoms. The highest BCUT2D eigenvalue weighted by Gasteiger charge is 2.60. The smallest absolute Gasteiger partial charge is 0.391 e. The summed E-state index contributed by atoms with van der Waals surface area (Å²) >= 11 is 1.66. The molecular weight excluding hydrogens is 578 g/mol. The average Bonchev–Trinajstić information content (AvgIpc) is 3.00. The number of aliphatic hydroxyl groups is 3. The summed E-state index contributed by atoms with van der Waals surface area (Å²) in [6, 6.07) is 6.09. The van der Waals surface area contributed by atoms with Crippen LogP contribution in [0.5, 0.6) is 0 Å². The van der Waals surface area contributed by atoms with Crippen LogP contribution in [-0.4, -0.2) is 106 Å². The number of carbonyl (C=O) groups excluding carboxylic acids is 3. The number of amides is 3. The topological polar surface area (TPSA) is 174 Å². The van der Waals surface area contributed by atoms with E-state index in [1.165, 1.54) is 31.7 Å². The summed E-state index contributed by atoms with van der Waals surface area (Å²) in [6.07, 6.45) is -0.526. The van der Waals surface area contributed by atoms with Gasteiger partial charge in [-0.15, -0.1) is 0 Å². The summed E-state index contributed by atoms with van der Waals surface area (Å²) in [5.41, 5.74) is 1.58. The fraction of sp³-hybridized carbons (Fsp3) is 0.700. The second-order valence-corrected chi connectivity index (χ2v) is 12.7. The minimum atomic E-state index is -2.25. The Morgan fingerprint density at radius 3 is 2.44 bits per heavy atom. The van der Waals surface area contributed by atoms with E-state index in [9.17, 15) is 34.6 Å². The molecule has 1 saturated carbocycles. The van der Waals surface area contributed by atoms with Crippen molar-refractivity contribution in [2.75, 3.05) is 31.7 Å². The maximum atomic E-state index is 13.0. The van der Waals surface area contributed by atoms with Gasteiger partial charge in [0.2, 0.25) is 5.91 Å². The lowest BCUT2D eigenvalue weighted by Gasteiger charge is -2.45. The second-order valence-electron chi connectivity index (χ2n) is 11.3. The van der Waals surface area contributed by atoms with Crippen molar-refractivity contribution >= 4 is 29.5 Å². The monoisotopic (exact) mass is 624 g/mol. The predicted octanol–water partition coefficient (Wildman–Crippen LogP) is 1.63. The van der Waals surface area contributed by atoms with Gasteiger partial charge in [-0.05, 0) is 54.4 Å². The fourth-order valence-corrected chi connectivity index (χ4v) is 6.32. The van der Waals surface area contributed by atoms with Crippen molar-refractivity contribution in [1.29, 1.82) is 0 Å². The molecule has 5 N–H and O–H groups in total. The molecule has 6 unspecified atom stereocenters. The van der Waals surface area contributed by atoms with Crippen LogP contribution in [0.3, 0.4) is 0 Å². The molecule has 1 aliphatic heterocycles. The molecule has 0 bridgehead atoms. The number of rotatable bonds is 14. The number of aliphatic hydroxyl groups excluding tert-OH is 3.